The molecule has 0 radical (unpaired) electrons. The second-order valence-electron chi connectivity index (χ2n) is 5.71. The molecule has 2 aromatic heterocycles. The first-order valence-corrected chi connectivity index (χ1v) is 8.05. The third kappa shape index (κ3) is 4.05. The molecule has 1 fully saturated rings. The minimum atomic E-state index is -0.0863. The number of hydrogen-bond donors (Lipinski definition) is 0. The molecule has 126 valence electrons. The highest BCUT2D eigenvalue weighted by atomic mass is 16.5. The average Bonchev–Trinajstić information content (AvgIpc) is 2.67. The minimum absolute atomic E-state index is 0.0863. The Morgan fingerprint density at radius 3 is 2.58 bits per heavy atom. The summed E-state index contributed by atoms with van der Waals surface area (Å²) >= 11 is 0. The maximum absolute atomic E-state index is 12.3. The summed E-state index contributed by atoms with van der Waals surface area (Å²) in [6, 6.07) is 7.59. The molecule has 3 heterocycles. The lowest BCUT2D eigenvalue weighted by atomic mass is 10.2. The molecule has 0 bridgehead atoms. The van der Waals surface area contributed by atoms with E-state index in [1.54, 1.807) is 23.4 Å². The van der Waals surface area contributed by atoms with Crippen LogP contribution in [0.25, 0.3) is 0 Å². The number of morpholine rings is 1. The van der Waals surface area contributed by atoms with Crippen molar-refractivity contribution >= 4 is 11.7 Å². The lowest BCUT2D eigenvalue weighted by Crippen LogP contribution is -2.41. The van der Waals surface area contributed by atoms with E-state index in [1.807, 2.05) is 30.1 Å². The summed E-state index contributed by atoms with van der Waals surface area (Å²) in [5.41, 5.74) is 1.60. The number of rotatable bonds is 5. The van der Waals surface area contributed by atoms with Crippen molar-refractivity contribution in [3.05, 3.63) is 47.9 Å². The first kappa shape index (κ1) is 16.3. The van der Waals surface area contributed by atoms with E-state index >= 15 is 0 Å². The molecule has 0 unspecified atom stereocenters. The highest BCUT2D eigenvalue weighted by Crippen LogP contribution is 2.11. The Hall–Kier alpha value is -2.54. The molecule has 3 rings (SSSR count). The zero-order valence-corrected chi connectivity index (χ0v) is 13.8. The molecule has 0 atom stereocenters. The first-order valence-electron chi connectivity index (χ1n) is 8.05. The lowest BCUT2D eigenvalue weighted by Gasteiger charge is -2.26. The number of anilines is 1. The summed E-state index contributed by atoms with van der Waals surface area (Å²) in [7, 11) is 1.97. The van der Waals surface area contributed by atoms with Gasteiger partial charge in [0.2, 0.25) is 0 Å². The summed E-state index contributed by atoms with van der Waals surface area (Å²) in [5.74, 6) is 0.666. The number of nitrogens with zero attached hydrogens (tertiary/aromatic N) is 5. The van der Waals surface area contributed by atoms with Gasteiger partial charge in [0.25, 0.3) is 5.91 Å². The van der Waals surface area contributed by atoms with Crippen LogP contribution in [-0.2, 0) is 11.2 Å². The van der Waals surface area contributed by atoms with Crippen LogP contribution in [0.2, 0.25) is 0 Å². The van der Waals surface area contributed by atoms with Gasteiger partial charge in [-0.3, -0.25) is 9.78 Å². The molecule has 0 aromatic carbocycles. The standard InChI is InChI=1S/C17H21N5O2/c1-21(9-6-14-4-7-18-8-5-14)16-3-2-15(19-20-16)17(23)22-10-12-24-13-11-22/h2-5,7-8H,6,9-13H2,1H3. The molecule has 0 aliphatic carbocycles. The van der Waals surface area contributed by atoms with Crippen LogP contribution in [0.1, 0.15) is 16.1 Å². The summed E-state index contributed by atoms with van der Waals surface area (Å²) in [6.45, 7) is 3.18. The van der Waals surface area contributed by atoms with Gasteiger partial charge in [0.15, 0.2) is 11.5 Å². The van der Waals surface area contributed by atoms with E-state index in [0.717, 1.165) is 18.8 Å². The van der Waals surface area contributed by atoms with Crippen molar-refractivity contribution in [2.45, 2.75) is 6.42 Å². The highest BCUT2D eigenvalue weighted by molar-refractivity contribution is 5.92. The van der Waals surface area contributed by atoms with E-state index in [2.05, 4.69) is 15.2 Å². The molecule has 7 nitrogen and oxygen atoms in total. The van der Waals surface area contributed by atoms with Crippen LogP contribution >= 0.6 is 0 Å². The molecule has 1 aliphatic rings. The van der Waals surface area contributed by atoms with Crippen molar-refractivity contribution in [2.75, 3.05) is 44.8 Å². The van der Waals surface area contributed by atoms with Crippen molar-refractivity contribution in [2.24, 2.45) is 0 Å². The molecule has 0 spiro atoms. The Morgan fingerprint density at radius 2 is 1.92 bits per heavy atom. The van der Waals surface area contributed by atoms with Gasteiger partial charge >= 0.3 is 0 Å². The number of carbonyl (C=O) groups is 1. The Morgan fingerprint density at radius 1 is 1.17 bits per heavy atom. The minimum Gasteiger partial charge on any atom is -0.378 e. The number of likely N-dealkylation sites (N-methyl/N-ethyl adjacent to an activating group) is 1. The molecule has 2 aromatic rings. The number of pyridine rings is 1. The van der Waals surface area contributed by atoms with Gasteiger partial charge in [0.05, 0.1) is 13.2 Å². The van der Waals surface area contributed by atoms with Crippen LogP contribution in [0.5, 0.6) is 0 Å². The van der Waals surface area contributed by atoms with Gasteiger partial charge in [-0.25, -0.2) is 0 Å². The van der Waals surface area contributed by atoms with Crippen molar-refractivity contribution in [1.82, 2.24) is 20.1 Å². The number of aromatic nitrogens is 3. The third-order valence-corrected chi connectivity index (χ3v) is 4.04. The lowest BCUT2D eigenvalue weighted by molar-refractivity contribution is 0.0298. The zero-order chi connectivity index (χ0) is 16.8. The first-order chi connectivity index (χ1) is 11.7. The fraction of sp³-hybridized carbons (Fsp3) is 0.412. The monoisotopic (exact) mass is 327 g/mol. The van der Waals surface area contributed by atoms with Crippen LogP contribution < -0.4 is 4.90 Å². The van der Waals surface area contributed by atoms with Crippen molar-refractivity contribution < 1.29 is 9.53 Å². The normalized spacial score (nSPS) is 14.5. The van der Waals surface area contributed by atoms with Crippen LogP contribution in [0.15, 0.2) is 36.7 Å². The number of amides is 1. The van der Waals surface area contributed by atoms with E-state index < -0.39 is 0 Å². The highest BCUT2D eigenvalue weighted by Gasteiger charge is 2.20. The summed E-state index contributed by atoms with van der Waals surface area (Å²) < 4.78 is 5.26. The molecule has 1 aliphatic heterocycles. The van der Waals surface area contributed by atoms with Crippen molar-refractivity contribution in [3.63, 3.8) is 0 Å². The van der Waals surface area contributed by atoms with Crippen molar-refractivity contribution in [1.29, 1.82) is 0 Å². The fourth-order valence-electron chi connectivity index (χ4n) is 2.53. The quantitative estimate of drug-likeness (QED) is 0.817. The molecular formula is C17H21N5O2. The van der Waals surface area contributed by atoms with Gasteiger partial charge < -0.3 is 14.5 Å². The largest absolute Gasteiger partial charge is 0.378 e. The van der Waals surface area contributed by atoms with Crippen LogP contribution in [0.4, 0.5) is 5.82 Å². The molecular weight excluding hydrogens is 306 g/mol. The Labute approximate surface area is 141 Å². The van der Waals surface area contributed by atoms with E-state index in [1.165, 1.54) is 5.56 Å². The third-order valence-electron chi connectivity index (χ3n) is 4.04. The van der Waals surface area contributed by atoms with E-state index in [4.69, 9.17) is 4.74 Å². The Bertz CT molecular complexity index is 656. The molecule has 0 saturated carbocycles. The fourth-order valence-corrected chi connectivity index (χ4v) is 2.53. The smallest absolute Gasteiger partial charge is 0.274 e. The average molecular weight is 327 g/mol. The number of ether oxygens (including phenoxy) is 1. The second kappa shape index (κ2) is 7.83. The molecule has 1 amide bonds. The Balaban J connectivity index is 1.58. The van der Waals surface area contributed by atoms with Gasteiger partial charge in [-0.05, 0) is 36.2 Å². The van der Waals surface area contributed by atoms with Gasteiger partial charge in [-0.2, -0.15) is 0 Å². The summed E-state index contributed by atoms with van der Waals surface area (Å²) in [6.07, 6.45) is 4.48. The van der Waals surface area contributed by atoms with Crippen molar-refractivity contribution in [3.8, 4) is 0 Å². The Kier molecular flexibility index (Phi) is 5.32. The molecule has 7 heteroatoms. The maximum atomic E-state index is 12.3. The van der Waals surface area contributed by atoms with E-state index in [9.17, 15) is 4.79 Å². The van der Waals surface area contributed by atoms with Gasteiger partial charge in [0.1, 0.15) is 0 Å². The predicted octanol–water partition coefficient (Wildman–Crippen LogP) is 1.02. The van der Waals surface area contributed by atoms with Crippen LogP contribution in [0, 0.1) is 0 Å². The second-order valence-corrected chi connectivity index (χ2v) is 5.71. The number of hydrogen-bond acceptors (Lipinski definition) is 6. The molecule has 1 saturated heterocycles. The van der Waals surface area contributed by atoms with E-state index in [-0.39, 0.29) is 5.91 Å². The van der Waals surface area contributed by atoms with Crippen LogP contribution in [-0.4, -0.2) is 65.9 Å². The maximum Gasteiger partial charge on any atom is 0.274 e. The predicted molar refractivity (Wildman–Crippen MR) is 90.0 cm³/mol. The molecule has 0 N–H and O–H groups in total. The van der Waals surface area contributed by atoms with E-state index in [0.29, 0.717) is 32.0 Å². The molecule has 24 heavy (non-hydrogen) atoms. The van der Waals surface area contributed by atoms with Gasteiger partial charge in [0, 0.05) is 39.1 Å². The summed E-state index contributed by atoms with van der Waals surface area (Å²) in [4.78, 5) is 20.1. The SMILES string of the molecule is CN(CCc1ccncc1)c1ccc(C(=O)N2CCOCC2)nn1. The van der Waals surface area contributed by atoms with Gasteiger partial charge in [-0.15, -0.1) is 10.2 Å². The summed E-state index contributed by atoms with van der Waals surface area (Å²) in [5, 5.41) is 8.29. The topological polar surface area (TPSA) is 71.5 Å². The van der Waals surface area contributed by atoms with Crippen LogP contribution in [0.3, 0.4) is 0 Å². The zero-order valence-electron chi connectivity index (χ0n) is 13.8. The number of carbonyl (C=O) groups excluding carboxylic acids is 1. The van der Waals surface area contributed by atoms with Gasteiger partial charge in [-0.1, -0.05) is 0 Å².